The molecule has 1 amide bonds. The minimum absolute atomic E-state index is 0.00604. The quantitative estimate of drug-likeness (QED) is 0.791. The number of amides is 1. The Kier molecular flexibility index (Phi) is 4.34. The second-order valence-electron chi connectivity index (χ2n) is 4.74. The number of nitrogens with one attached hydrogen (secondary N) is 1. The molecule has 0 saturated heterocycles. The second-order valence-corrected chi connectivity index (χ2v) is 5.15. The number of benzene rings is 2. The number of rotatable bonds is 4. The van der Waals surface area contributed by atoms with Crippen LogP contribution in [0.1, 0.15) is 21.8 Å². The summed E-state index contributed by atoms with van der Waals surface area (Å²) in [6.45, 7) is 0. The van der Waals surface area contributed by atoms with Crippen molar-refractivity contribution in [3.8, 4) is 0 Å². The zero-order valence-electron chi connectivity index (χ0n) is 11.8. The molecule has 0 aliphatic rings. The minimum atomic E-state index is -0.551. The molecule has 0 atom stereocenters. The standard InChI is InChI=1S/C16H11ClFN3O2/c17-13-9-11(18)6-7-12(13)15(22)19-16-21-20-14(23-16)8-10-4-2-1-3-5-10/h1-7,9H,8H2,(H,19,21,22). The Morgan fingerprint density at radius 1 is 1.17 bits per heavy atom. The van der Waals surface area contributed by atoms with Gasteiger partial charge in [0.1, 0.15) is 5.82 Å². The van der Waals surface area contributed by atoms with Crippen molar-refractivity contribution in [2.75, 3.05) is 5.32 Å². The second kappa shape index (κ2) is 6.58. The van der Waals surface area contributed by atoms with Crippen molar-refractivity contribution in [1.29, 1.82) is 0 Å². The van der Waals surface area contributed by atoms with Crippen molar-refractivity contribution in [2.45, 2.75) is 6.42 Å². The summed E-state index contributed by atoms with van der Waals surface area (Å²) in [7, 11) is 0. The van der Waals surface area contributed by atoms with E-state index < -0.39 is 11.7 Å². The number of hydrogen-bond donors (Lipinski definition) is 1. The molecule has 5 nitrogen and oxygen atoms in total. The number of nitrogens with zero attached hydrogens (tertiary/aromatic N) is 2. The van der Waals surface area contributed by atoms with Gasteiger partial charge in [0.2, 0.25) is 5.89 Å². The molecule has 3 aromatic rings. The topological polar surface area (TPSA) is 68.0 Å². The van der Waals surface area contributed by atoms with Crippen LogP contribution in [-0.4, -0.2) is 16.1 Å². The fraction of sp³-hybridized carbons (Fsp3) is 0.0625. The number of carbonyl (C=O) groups excluding carboxylic acids is 1. The van der Waals surface area contributed by atoms with Gasteiger partial charge in [0, 0.05) is 0 Å². The summed E-state index contributed by atoms with van der Waals surface area (Å²) in [5.74, 6) is -0.698. The van der Waals surface area contributed by atoms with Gasteiger partial charge >= 0.3 is 6.01 Å². The Labute approximate surface area is 136 Å². The summed E-state index contributed by atoms with van der Waals surface area (Å²) in [6.07, 6.45) is 0.459. The first-order chi connectivity index (χ1) is 11.1. The molecule has 1 aromatic heterocycles. The van der Waals surface area contributed by atoms with Gasteiger partial charge in [-0.05, 0) is 23.8 Å². The van der Waals surface area contributed by atoms with Gasteiger partial charge in [0.15, 0.2) is 0 Å². The Morgan fingerprint density at radius 2 is 1.96 bits per heavy atom. The Morgan fingerprint density at radius 3 is 2.70 bits per heavy atom. The molecule has 0 radical (unpaired) electrons. The Balaban J connectivity index is 1.70. The van der Waals surface area contributed by atoms with Gasteiger partial charge in [-0.25, -0.2) is 4.39 Å². The van der Waals surface area contributed by atoms with Crippen LogP contribution in [0.3, 0.4) is 0 Å². The molecule has 2 aromatic carbocycles. The first-order valence-electron chi connectivity index (χ1n) is 6.74. The maximum atomic E-state index is 13.0. The van der Waals surface area contributed by atoms with Crippen LogP contribution in [0.5, 0.6) is 0 Å². The van der Waals surface area contributed by atoms with E-state index in [9.17, 15) is 9.18 Å². The van der Waals surface area contributed by atoms with E-state index in [2.05, 4.69) is 15.5 Å². The van der Waals surface area contributed by atoms with Crippen LogP contribution in [0.4, 0.5) is 10.4 Å². The highest BCUT2D eigenvalue weighted by Crippen LogP contribution is 2.19. The van der Waals surface area contributed by atoms with E-state index in [0.717, 1.165) is 17.7 Å². The highest BCUT2D eigenvalue weighted by atomic mass is 35.5. The van der Waals surface area contributed by atoms with Gasteiger partial charge in [-0.2, -0.15) is 0 Å². The number of halogens is 2. The molecule has 0 saturated carbocycles. The maximum Gasteiger partial charge on any atom is 0.322 e. The summed E-state index contributed by atoms with van der Waals surface area (Å²) in [4.78, 5) is 12.1. The monoisotopic (exact) mass is 331 g/mol. The lowest BCUT2D eigenvalue weighted by molar-refractivity contribution is 0.102. The largest absolute Gasteiger partial charge is 0.407 e. The fourth-order valence-corrected chi connectivity index (χ4v) is 2.24. The van der Waals surface area contributed by atoms with Crippen LogP contribution in [0.2, 0.25) is 5.02 Å². The lowest BCUT2D eigenvalue weighted by Gasteiger charge is -2.03. The van der Waals surface area contributed by atoms with Crippen molar-refractivity contribution in [1.82, 2.24) is 10.2 Å². The summed E-state index contributed by atoms with van der Waals surface area (Å²) in [5, 5.41) is 10.1. The average Bonchev–Trinajstić information content (AvgIpc) is 2.95. The molecule has 0 aliphatic heterocycles. The van der Waals surface area contributed by atoms with Gasteiger partial charge in [-0.1, -0.05) is 47.0 Å². The van der Waals surface area contributed by atoms with Crippen LogP contribution in [-0.2, 0) is 6.42 Å². The molecule has 0 fully saturated rings. The highest BCUT2D eigenvalue weighted by Gasteiger charge is 2.15. The third-order valence-corrected chi connectivity index (χ3v) is 3.37. The van der Waals surface area contributed by atoms with Crippen LogP contribution in [0.15, 0.2) is 52.9 Å². The Hall–Kier alpha value is -2.73. The number of anilines is 1. The van der Waals surface area contributed by atoms with Crippen LogP contribution >= 0.6 is 11.6 Å². The first-order valence-corrected chi connectivity index (χ1v) is 7.12. The summed E-state index contributed by atoms with van der Waals surface area (Å²) in [5.41, 5.74) is 1.13. The summed E-state index contributed by atoms with van der Waals surface area (Å²) in [6, 6.07) is 13.0. The van der Waals surface area contributed by atoms with Crippen LogP contribution in [0, 0.1) is 5.82 Å². The third kappa shape index (κ3) is 3.73. The van der Waals surface area contributed by atoms with Crippen LogP contribution in [0.25, 0.3) is 0 Å². The molecule has 1 N–H and O–H groups in total. The number of hydrogen-bond acceptors (Lipinski definition) is 4. The van der Waals surface area contributed by atoms with E-state index in [1.54, 1.807) is 0 Å². The van der Waals surface area contributed by atoms with E-state index in [-0.39, 0.29) is 16.6 Å². The Bertz CT molecular complexity index is 836. The van der Waals surface area contributed by atoms with Crippen molar-refractivity contribution in [2.24, 2.45) is 0 Å². The molecule has 7 heteroatoms. The fourth-order valence-electron chi connectivity index (χ4n) is 1.98. The zero-order chi connectivity index (χ0) is 16.2. The van der Waals surface area contributed by atoms with Gasteiger partial charge in [0.05, 0.1) is 17.0 Å². The van der Waals surface area contributed by atoms with E-state index in [1.807, 2.05) is 30.3 Å². The number of aromatic nitrogens is 2. The van der Waals surface area contributed by atoms with E-state index in [4.69, 9.17) is 16.0 Å². The predicted molar refractivity (Wildman–Crippen MR) is 82.9 cm³/mol. The van der Waals surface area contributed by atoms with Crippen molar-refractivity contribution in [3.63, 3.8) is 0 Å². The van der Waals surface area contributed by atoms with Gasteiger partial charge in [-0.15, -0.1) is 5.10 Å². The molecule has 0 bridgehead atoms. The molecule has 0 aliphatic carbocycles. The van der Waals surface area contributed by atoms with E-state index in [1.165, 1.54) is 6.07 Å². The average molecular weight is 332 g/mol. The maximum absolute atomic E-state index is 13.0. The first kappa shape index (κ1) is 15.2. The molecule has 1 heterocycles. The molecular formula is C16H11ClFN3O2. The number of carbonyl (C=O) groups is 1. The highest BCUT2D eigenvalue weighted by molar-refractivity contribution is 6.34. The zero-order valence-corrected chi connectivity index (χ0v) is 12.5. The third-order valence-electron chi connectivity index (χ3n) is 3.06. The summed E-state index contributed by atoms with van der Waals surface area (Å²) < 4.78 is 18.4. The SMILES string of the molecule is O=C(Nc1nnc(Cc2ccccc2)o1)c1ccc(F)cc1Cl. The summed E-state index contributed by atoms with van der Waals surface area (Å²) >= 11 is 5.84. The lowest BCUT2D eigenvalue weighted by atomic mass is 10.2. The van der Waals surface area contributed by atoms with Gasteiger partial charge in [-0.3, -0.25) is 10.1 Å². The molecule has 0 spiro atoms. The molecule has 0 unspecified atom stereocenters. The lowest BCUT2D eigenvalue weighted by Crippen LogP contribution is -2.12. The smallest absolute Gasteiger partial charge is 0.322 e. The molecule has 116 valence electrons. The van der Waals surface area contributed by atoms with Gasteiger partial charge in [0.25, 0.3) is 5.91 Å². The molecule has 23 heavy (non-hydrogen) atoms. The van der Waals surface area contributed by atoms with E-state index in [0.29, 0.717) is 12.3 Å². The molecular weight excluding hydrogens is 321 g/mol. The van der Waals surface area contributed by atoms with Crippen LogP contribution < -0.4 is 5.32 Å². The predicted octanol–water partition coefficient (Wildman–Crippen LogP) is 3.71. The van der Waals surface area contributed by atoms with Crippen molar-refractivity contribution < 1.29 is 13.6 Å². The van der Waals surface area contributed by atoms with Crippen molar-refractivity contribution >= 4 is 23.5 Å². The van der Waals surface area contributed by atoms with Crippen molar-refractivity contribution in [3.05, 3.63) is 76.4 Å². The molecule has 3 rings (SSSR count). The van der Waals surface area contributed by atoms with Gasteiger partial charge < -0.3 is 4.42 Å². The minimum Gasteiger partial charge on any atom is -0.407 e. The van der Waals surface area contributed by atoms with E-state index >= 15 is 0 Å². The normalized spacial score (nSPS) is 10.5.